The molecule has 1 aliphatic heterocycles. The molecule has 0 aromatic carbocycles. The summed E-state index contributed by atoms with van der Waals surface area (Å²) in [5, 5.41) is 11.7. The van der Waals surface area contributed by atoms with Crippen molar-refractivity contribution in [1.82, 2.24) is 34.6 Å². The topological polar surface area (TPSA) is 69.0 Å². The minimum absolute atomic E-state index is 0.0758. The molecule has 1 N–H and O–H groups in total. The van der Waals surface area contributed by atoms with Crippen LogP contribution in [0.1, 0.15) is 38.6 Å². The predicted molar refractivity (Wildman–Crippen MR) is 115 cm³/mol. The summed E-state index contributed by atoms with van der Waals surface area (Å²) < 4.78 is 1.94. The van der Waals surface area contributed by atoms with Crippen molar-refractivity contribution < 1.29 is 4.79 Å². The van der Waals surface area contributed by atoms with Crippen molar-refractivity contribution in [2.24, 2.45) is 5.92 Å². The number of likely N-dealkylation sites (N-methyl/N-ethyl adjacent to an activating group) is 2. The highest BCUT2D eigenvalue weighted by Crippen LogP contribution is 2.21. The Morgan fingerprint density at radius 3 is 2.62 bits per heavy atom. The van der Waals surface area contributed by atoms with Crippen molar-refractivity contribution in [3.05, 3.63) is 30.2 Å². The fourth-order valence-corrected chi connectivity index (χ4v) is 3.87. The number of hydrogen-bond acceptors (Lipinski definition) is 5. The molecular weight excluding hydrogens is 366 g/mol. The van der Waals surface area contributed by atoms with Crippen LogP contribution in [0.3, 0.4) is 0 Å². The summed E-state index contributed by atoms with van der Waals surface area (Å²) in [6.07, 6.45) is 4.32. The summed E-state index contributed by atoms with van der Waals surface area (Å²) in [4.78, 5) is 19.4. The third-order valence-electron chi connectivity index (χ3n) is 6.01. The van der Waals surface area contributed by atoms with Crippen LogP contribution in [0.2, 0.25) is 0 Å². The van der Waals surface area contributed by atoms with Gasteiger partial charge in [-0.3, -0.25) is 4.40 Å². The molecule has 2 amide bonds. The van der Waals surface area contributed by atoms with Gasteiger partial charge in [0.2, 0.25) is 0 Å². The Balaban J connectivity index is 1.57. The molecule has 0 spiro atoms. The van der Waals surface area contributed by atoms with Gasteiger partial charge in [0.05, 0.1) is 6.04 Å². The number of piperidine rings is 1. The van der Waals surface area contributed by atoms with Gasteiger partial charge in [-0.2, -0.15) is 0 Å². The molecule has 0 bridgehead atoms. The van der Waals surface area contributed by atoms with E-state index in [1.807, 2.05) is 35.8 Å². The van der Waals surface area contributed by atoms with Crippen LogP contribution in [0.15, 0.2) is 24.4 Å². The monoisotopic (exact) mass is 401 g/mol. The summed E-state index contributed by atoms with van der Waals surface area (Å²) in [5.74, 6) is 0.961. The van der Waals surface area contributed by atoms with Crippen molar-refractivity contribution >= 4 is 11.7 Å². The van der Waals surface area contributed by atoms with E-state index in [9.17, 15) is 4.79 Å². The third-order valence-corrected chi connectivity index (χ3v) is 6.01. The Bertz CT molecular complexity index is 797. The van der Waals surface area contributed by atoms with Crippen molar-refractivity contribution in [3.8, 4) is 0 Å². The van der Waals surface area contributed by atoms with Gasteiger partial charge < -0.3 is 20.0 Å². The Morgan fingerprint density at radius 1 is 1.21 bits per heavy atom. The minimum Gasteiger partial charge on any atom is -0.328 e. The zero-order valence-corrected chi connectivity index (χ0v) is 18.4. The number of pyridine rings is 1. The van der Waals surface area contributed by atoms with Gasteiger partial charge in [0.15, 0.2) is 11.5 Å². The van der Waals surface area contributed by atoms with Gasteiger partial charge >= 0.3 is 6.03 Å². The molecule has 1 unspecified atom stereocenters. The molecule has 3 rings (SSSR count). The van der Waals surface area contributed by atoms with Gasteiger partial charge in [-0.25, -0.2) is 4.79 Å². The predicted octanol–water partition coefficient (Wildman–Crippen LogP) is 2.09. The van der Waals surface area contributed by atoms with Crippen molar-refractivity contribution in [3.63, 3.8) is 0 Å². The smallest absolute Gasteiger partial charge is 0.317 e. The van der Waals surface area contributed by atoms with Crippen LogP contribution in [-0.2, 0) is 0 Å². The van der Waals surface area contributed by atoms with E-state index in [2.05, 4.69) is 53.3 Å². The maximum absolute atomic E-state index is 12.9. The number of carbonyl (C=O) groups is 1. The van der Waals surface area contributed by atoms with Crippen LogP contribution >= 0.6 is 0 Å². The highest BCUT2D eigenvalue weighted by Gasteiger charge is 2.25. The molecule has 8 nitrogen and oxygen atoms in total. The molecule has 29 heavy (non-hydrogen) atoms. The first-order valence-electron chi connectivity index (χ1n) is 10.6. The first-order valence-corrected chi connectivity index (χ1v) is 10.6. The number of carbonyl (C=O) groups excluding carboxylic acids is 1. The highest BCUT2D eigenvalue weighted by atomic mass is 16.2. The molecule has 1 fully saturated rings. The fourth-order valence-electron chi connectivity index (χ4n) is 3.87. The zero-order chi connectivity index (χ0) is 21.0. The maximum Gasteiger partial charge on any atom is 0.317 e. The molecule has 3 heterocycles. The first kappa shape index (κ1) is 21.5. The molecule has 1 atom stereocenters. The standard InChI is InChI=1S/C21H35N7O/c1-16(2)19(20-24-23-18-8-6-7-11-28(18)20)22-21(29)27(5)15-14-26(4)17-9-12-25(3)13-10-17/h6-8,11,16-17,19H,9-10,12-15H2,1-5H3,(H,22,29). The lowest BCUT2D eigenvalue weighted by molar-refractivity contribution is 0.134. The lowest BCUT2D eigenvalue weighted by Crippen LogP contribution is -2.47. The fraction of sp³-hybridized carbons (Fsp3) is 0.667. The molecule has 0 aliphatic carbocycles. The van der Waals surface area contributed by atoms with Crippen LogP contribution in [0, 0.1) is 5.92 Å². The number of hydrogen-bond donors (Lipinski definition) is 1. The van der Waals surface area contributed by atoms with Crippen LogP contribution < -0.4 is 5.32 Å². The second-order valence-corrected chi connectivity index (χ2v) is 8.59. The Morgan fingerprint density at radius 2 is 1.93 bits per heavy atom. The Kier molecular flexibility index (Phi) is 7.08. The summed E-state index contributed by atoms with van der Waals surface area (Å²) in [7, 11) is 6.20. The Hall–Kier alpha value is -2.19. The molecule has 8 heteroatoms. The van der Waals surface area contributed by atoms with Gasteiger partial charge in [-0.15, -0.1) is 10.2 Å². The number of amides is 2. The van der Waals surface area contributed by atoms with Crippen LogP contribution in [-0.4, -0.2) is 88.7 Å². The zero-order valence-electron chi connectivity index (χ0n) is 18.4. The number of nitrogens with zero attached hydrogens (tertiary/aromatic N) is 6. The van der Waals surface area contributed by atoms with Crippen LogP contribution in [0.5, 0.6) is 0 Å². The number of rotatable bonds is 7. The van der Waals surface area contributed by atoms with E-state index in [1.54, 1.807) is 4.90 Å². The van der Waals surface area contributed by atoms with Crippen molar-refractivity contribution in [2.45, 2.75) is 38.8 Å². The highest BCUT2D eigenvalue weighted by molar-refractivity contribution is 5.74. The average Bonchev–Trinajstić information content (AvgIpc) is 3.13. The van der Waals surface area contributed by atoms with Gasteiger partial charge in [0, 0.05) is 32.4 Å². The average molecular weight is 402 g/mol. The van der Waals surface area contributed by atoms with E-state index in [1.165, 1.54) is 12.8 Å². The van der Waals surface area contributed by atoms with Crippen molar-refractivity contribution in [2.75, 3.05) is 47.3 Å². The van der Waals surface area contributed by atoms with Gasteiger partial charge in [-0.05, 0) is 58.1 Å². The van der Waals surface area contributed by atoms with Crippen molar-refractivity contribution in [1.29, 1.82) is 0 Å². The molecular formula is C21H35N7O. The lowest BCUT2D eigenvalue weighted by atomic mass is 10.0. The molecule has 0 saturated carbocycles. The number of fused-ring (bicyclic) bond motifs is 1. The lowest BCUT2D eigenvalue weighted by Gasteiger charge is -2.36. The van der Waals surface area contributed by atoms with Crippen LogP contribution in [0.25, 0.3) is 5.65 Å². The van der Waals surface area contributed by atoms with Gasteiger partial charge in [-0.1, -0.05) is 19.9 Å². The van der Waals surface area contributed by atoms with Gasteiger partial charge in [0.1, 0.15) is 0 Å². The summed E-state index contributed by atoms with van der Waals surface area (Å²) >= 11 is 0. The summed E-state index contributed by atoms with van der Waals surface area (Å²) in [5.41, 5.74) is 0.788. The quantitative estimate of drug-likeness (QED) is 0.769. The summed E-state index contributed by atoms with van der Waals surface area (Å²) in [6, 6.07) is 6.13. The van der Waals surface area contributed by atoms with Gasteiger partial charge in [0.25, 0.3) is 0 Å². The molecule has 2 aromatic heterocycles. The Labute approximate surface area is 173 Å². The second-order valence-electron chi connectivity index (χ2n) is 8.59. The van der Waals surface area contributed by atoms with E-state index >= 15 is 0 Å². The van der Waals surface area contributed by atoms with E-state index in [0.717, 1.165) is 31.1 Å². The molecule has 1 aliphatic rings. The number of likely N-dealkylation sites (tertiary alicyclic amines) is 1. The molecule has 160 valence electrons. The number of nitrogens with one attached hydrogen (secondary N) is 1. The third kappa shape index (κ3) is 5.25. The maximum atomic E-state index is 12.9. The van der Waals surface area contributed by atoms with E-state index in [-0.39, 0.29) is 18.0 Å². The molecule has 0 radical (unpaired) electrons. The largest absolute Gasteiger partial charge is 0.328 e. The number of aromatic nitrogens is 3. The normalized spacial score (nSPS) is 17.2. The minimum atomic E-state index is -0.200. The molecule has 1 saturated heterocycles. The summed E-state index contributed by atoms with van der Waals surface area (Å²) in [6.45, 7) is 8.03. The SMILES string of the molecule is CC(C)C(NC(=O)N(C)CCN(C)C1CCN(C)CC1)c1nnc2ccccn12. The van der Waals surface area contributed by atoms with E-state index in [0.29, 0.717) is 12.6 Å². The molecule has 2 aromatic rings. The van der Waals surface area contributed by atoms with E-state index in [4.69, 9.17) is 0 Å². The number of urea groups is 1. The first-order chi connectivity index (χ1) is 13.9. The second kappa shape index (κ2) is 9.54. The van der Waals surface area contributed by atoms with Crippen LogP contribution in [0.4, 0.5) is 4.79 Å². The van der Waals surface area contributed by atoms with E-state index < -0.39 is 0 Å².